The summed E-state index contributed by atoms with van der Waals surface area (Å²) in [6.45, 7) is 10.7. The number of hydrogen-bond donors (Lipinski definition) is 2. The van der Waals surface area contributed by atoms with Crippen LogP contribution in [-0.4, -0.2) is 46.9 Å². The summed E-state index contributed by atoms with van der Waals surface area (Å²) >= 11 is 0. The molecule has 178 valence electrons. The maximum Gasteiger partial charge on any atom is 0.509 e. The van der Waals surface area contributed by atoms with Crippen molar-refractivity contribution in [3.05, 3.63) is 23.8 Å². The number of carbonyl (C=O) groups excluding carboxylic acids is 3. The molecule has 0 aliphatic rings. The third-order valence-corrected chi connectivity index (χ3v) is 4.51. The molecule has 0 aliphatic heterocycles. The molecule has 0 bridgehead atoms. The van der Waals surface area contributed by atoms with E-state index in [2.05, 4.69) is 0 Å². The Bertz CT molecular complexity index is 859. The lowest BCUT2D eigenvalue weighted by Gasteiger charge is -2.32. The van der Waals surface area contributed by atoms with E-state index < -0.39 is 53.6 Å². The lowest BCUT2D eigenvalue weighted by molar-refractivity contribution is -0.140. The first-order chi connectivity index (χ1) is 14.6. The molecule has 0 radical (unpaired) electrons. The van der Waals surface area contributed by atoms with E-state index in [0.29, 0.717) is 5.56 Å². The standard InChI is InChI=1S/C22H31NO9/c1-11(12(2)29-21(28)32-22(5,6)7)18(19(23)20(26)27)15-8-9-16(30-13(3)24)17(10-15)31-14(4)25/h8-12,18-19H,23H2,1-7H3,(H,26,27)/t11?,12?,18?,19-/m0/s1. The molecule has 0 aliphatic carbocycles. The van der Waals surface area contributed by atoms with Crippen molar-refractivity contribution in [3.8, 4) is 11.5 Å². The number of benzene rings is 1. The van der Waals surface area contributed by atoms with Crippen molar-refractivity contribution in [3.63, 3.8) is 0 Å². The maximum atomic E-state index is 12.1. The molecule has 32 heavy (non-hydrogen) atoms. The van der Waals surface area contributed by atoms with Crippen LogP contribution in [0.2, 0.25) is 0 Å². The van der Waals surface area contributed by atoms with E-state index in [4.69, 9.17) is 24.7 Å². The normalized spacial score (nSPS) is 15.0. The number of rotatable bonds is 8. The highest BCUT2D eigenvalue weighted by molar-refractivity contribution is 5.76. The average molecular weight is 453 g/mol. The second kappa shape index (κ2) is 10.9. The Balaban J connectivity index is 3.33. The summed E-state index contributed by atoms with van der Waals surface area (Å²) in [6, 6.07) is 2.89. The molecule has 0 spiro atoms. The fraction of sp³-hybridized carbons (Fsp3) is 0.545. The highest BCUT2D eigenvalue weighted by atomic mass is 16.7. The van der Waals surface area contributed by atoms with E-state index in [0.717, 1.165) is 0 Å². The van der Waals surface area contributed by atoms with Crippen LogP contribution in [0.3, 0.4) is 0 Å². The molecule has 0 saturated carbocycles. The van der Waals surface area contributed by atoms with Crippen molar-refractivity contribution in [1.82, 2.24) is 0 Å². The van der Waals surface area contributed by atoms with Crippen molar-refractivity contribution in [1.29, 1.82) is 0 Å². The summed E-state index contributed by atoms with van der Waals surface area (Å²) in [4.78, 5) is 46.6. The van der Waals surface area contributed by atoms with E-state index in [1.165, 1.54) is 32.0 Å². The zero-order valence-electron chi connectivity index (χ0n) is 19.3. The van der Waals surface area contributed by atoms with Gasteiger partial charge in [-0.05, 0) is 45.4 Å². The Hall–Kier alpha value is -3.14. The van der Waals surface area contributed by atoms with Gasteiger partial charge in [0.15, 0.2) is 11.5 Å². The number of nitrogens with two attached hydrogens (primary N) is 1. The van der Waals surface area contributed by atoms with Crippen LogP contribution in [0, 0.1) is 5.92 Å². The summed E-state index contributed by atoms with van der Waals surface area (Å²) in [5.41, 5.74) is 5.60. The fourth-order valence-corrected chi connectivity index (χ4v) is 3.02. The van der Waals surface area contributed by atoms with Gasteiger partial charge >= 0.3 is 24.1 Å². The number of carboxylic acid groups (broad SMARTS) is 1. The van der Waals surface area contributed by atoms with Gasteiger partial charge in [0.25, 0.3) is 0 Å². The van der Waals surface area contributed by atoms with Crippen LogP contribution in [-0.2, 0) is 23.9 Å². The van der Waals surface area contributed by atoms with Crippen molar-refractivity contribution in [2.24, 2.45) is 11.7 Å². The molecule has 0 fully saturated rings. The van der Waals surface area contributed by atoms with E-state index in [9.17, 15) is 24.3 Å². The molecule has 4 atom stereocenters. The minimum atomic E-state index is -1.38. The third-order valence-electron chi connectivity index (χ3n) is 4.51. The van der Waals surface area contributed by atoms with Crippen LogP contribution in [0.5, 0.6) is 11.5 Å². The third kappa shape index (κ3) is 8.18. The first-order valence-corrected chi connectivity index (χ1v) is 10.0. The monoisotopic (exact) mass is 453 g/mol. The molecule has 0 aromatic heterocycles. The fourth-order valence-electron chi connectivity index (χ4n) is 3.02. The number of carboxylic acids is 1. The molecular formula is C22H31NO9. The lowest BCUT2D eigenvalue weighted by Crippen LogP contribution is -2.43. The van der Waals surface area contributed by atoms with Gasteiger partial charge in [-0.2, -0.15) is 0 Å². The lowest BCUT2D eigenvalue weighted by atomic mass is 9.79. The van der Waals surface area contributed by atoms with Crippen molar-refractivity contribution < 1.29 is 43.2 Å². The van der Waals surface area contributed by atoms with Gasteiger partial charge in [-0.25, -0.2) is 4.79 Å². The molecule has 3 unspecified atom stereocenters. The topological polar surface area (TPSA) is 151 Å². The average Bonchev–Trinajstić information content (AvgIpc) is 2.61. The Kier molecular flexibility index (Phi) is 9.20. The Morgan fingerprint density at radius 2 is 1.50 bits per heavy atom. The van der Waals surface area contributed by atoms with Gasteiger partial charge in [0.1, 0.15) is 17.7 Å². The largest absolute Gasteiger partial charge is 0.509 e. The molecule has 0 saturated heterocycles. The SMILES string of the molecule is CC(=O)Oc1ccc(C(C(C)C(C)OC(=O)OC(C)(C)C)[C@H](N)C(=O)O)cc1OC(C)=O. The van der Waals surface area contributed by atoms with Crippen LogP contribution in [0.4, 0.5) is 4.79 Å². The summed E-state index contributed by atoms with van der Waals surface area (Å²) in [6.07, 6.45) is -1.67. The Morgan fingerprint density at radius 3 is 1.97 bits per heavy atom. The van der Waals surface area contributed by atoms with E-state index in [1.807, 2.05) is 0 Å². The Labute approximate surface area is 187 Å². The van der Waals surface area contributed by atoms with Crippen LogP contribution in [0.25, 0.3) is 0 Å². The van der Waals surface area contributed by atoms with Gasteiger partial charge < -0.3 is 29.8 Å². The van der Waals surface area contributed by atoms with Crippen LogP contribution >= 0.6 is 0 Å². The predicted molar refractivity (Wildman–Crippen MR) is 113 cm³/mol. The first kappa shape index (κ1) is 26.9. The summed E-state index contributed by atoms with van der Waals surface area (Å²) in [5, 5.41) is 9.56. The maximum absolute atomic E-state index is 12.1. The molecule has 1 aromatic rings. The Morgan fingerprint density at radius 1 is 0.969 bits per heavy atom. The molecule has 0 heterocycles. The molecule has 10 nitrogen and oxygen atoms in total. The summed E-state index contributed by atoms with van der Waals surface area (Å²) in [7, 11) is 0. The minimum absolute atomic E-state index is 0.00944. The van der Waals surface area contributed by atoms with Crippen molar-refractivity contribution in [2.45, 2.75) is 72.1 Å². The number of aliphatic carboxylic acids is 1. The minimum Gasteiger partial charge on any atom is -0.480 e. The van der Waals surface area contributed by atoms with E-state index >= 15 is 0 Å². The van der Waals surface area contributed by atoms with Crippen molar-refractivity contribution >= 4 is 24.1 Å². The molecule has 1 aromatic carbocycles. The van der Waals surface area contributed by atoms with Crippen LogP contribution in [0.15, 0.2) is 18.2 Å². The first-order valence-electron chi connectivity index (χ1n) is 10.0. The number of hydrogen-bond acceptors (Lipinski definition) is 9. The number of ether oxygens (including phenoxy) is 4. The highest BCUT2D eigenvalue weighted by Gasteiger charge is 2.36. The molecule has 1 rings (SSSR count). The van der Waals surface area contributed by atoms with Gasteiger partial charge in [0, 0.05) is 25.7 Å². The number of carbonyl (C=O) groups is 4. The molecular weight excluding hydrogens is 422 g/mol. The quantitative estimate of drug-likeness (QED) is 0.444. The van der Waals surface area contributed by atoms with Crippen LogP contribution in [0.1, 0.15) is 59.9 Å². The van der Waals surface area contributed by atoms with Gasteiger partial charge in [-0.3, -0.25) is 14.4 Å². The van der Waals surface area contributed by atoms with Gasteiger partial charge in [-0.1, -0.05) is 13.0 Å². The second-order valence-electron chi connectivity index (χ2n) is 8.43. The van der Waals surface area contributed by atoms with E-state index in [1.54, 1.807) is 34.6 Å². The zero-order chi connectivity index (χ0) is 24.8. The van der Waals surface area contributed by atoms with Gasteiger partial charge in [0.2, 0.25) is 0 Å². The highest BCUT2D eigenvalue weighted by Crippen LogP contribution is 2.37. The molecule has 3 N–H and O–H groups in total. The van der Waals surface area contributed by atoms with Gasteiger partial charge in [-0.15, -0.1) is 0 Å². The van der Waals surface area contributed by atoms with Crippen LogP contribution < -0.4 is 15.2 Å². The zero-order valence-corrected chi connectivity index (χ0v) is 19.3. The summed E-state index contributed by atoms with van der Waals surface area (Å²) in [5.74, 6) is -4.08. The smallest absolute Gasteiger partial charge is 0.480 e. The molecule has 0 amide bonds. The van der Waals surface area contributed by atoms with Gasteiger partial charge in [0.05, 0.1) is 0 Å². The van der Waals surface area contributed by atoms with Crippen molar-refractivity contribution in [2.75, 3.05) is 0 Å². The summed E-state index contributed by atoms with van der Waals surface area (Å²) < 4.78 is 20.7. The van der Waals surface area contributed by atoms with E-state index in [-0.39, 0.29) is 11.5 Å². The number of esters is 2. The molecule has 10 heteroatoms. The second-order valence-corrected chi connectivity index (χ2v) is 8.43. The predicted octanol–water partition coefficient (Wildman–Crippen LogP) is 3.01.